The molecule has 0 bridgehead atoms. The summed E-state index contributed by atoms with van der Waals surface area (Å²) >= 11 is 3.45. The third-order valence-corrected chi connectivity index (χ3v) is 5.02. The Kier molecular flexibility index (Phi) is 6.62. The second-order valence-corrected chi connectivity index (χ2v) is 7.04. The number of rotatable bonds is 6. The van der Waals surface area contributed by atoms with E-state index in [0.717, 1.165) is 17.3 Å². The van der Waals surface area contributed by atoms with Crippen LogP contribution in [0, 0.1) is 0 Å². The maximum atomic E-state index is 12.2. The molecule has 7 heteroatoms. The highest BCUT2D eigenvalue weighted by atomic mass is 79.9. The summed E-state index contributed by atoms with van der Waals surface area (Å²) in [5.74, 6) is -0.912. The van der Waals surface area contributed by atoms with Crippen molar-refractivity contribution in [3.8, 4) is 0 Å². The van der Waals surface area contributed by atoms with Crippen molar-refractivity contribution in [3.05, 3.63) is 34.3 Å². The average molecular weight is 399 g/mol. The zero-order chi connectivity index (χ0) is 17.6. The van der Waals surface area contributed by atoms with Gasteiger partial charge in [-0.15, -0.1) is 0 Å². The van der Waals surface area contributed by atoms with Gasteiger partial charge in [-0.25, -0.2) is 4.79 Å². The largest absolute Gasteiger partial charge is 0.481 e. The number of hydrogen-bond donors (Lipinski definition) is 2. The molecule has 1 aliphatic heterocycles. The third-order valence-electron chi connectivity index (χ3n) is 4.49. The van der Waals surface area contributed by atoms with Crippen LogP contribution in [0.15, 0.2) is 28.7 Å². The van der Waals surface area contributed by atoms with Gasteiger partial charge in [0.15, 0.2) is 0 Å². The minimum Gasteiger partial charge on any atom is -0.481 e. The Hall–Kier alpha value is -1.60. The van der Waals surface area contributed by atoms with Gasteiger partial charge in [-0.3, -0.25) is 4.79 Å². The molecule has 1 aliphatic rings. The molecular formula is C17H23BrN2O4. The van der Waals surface area contributed by atoms with E-state index in [1.165, 1.54) is 10.5 Å². The highest BCUT2D eigenvalue weighted by Gasteiger charge is 2.35. The lowest BCUT2D eigenvalue weighted by Gasteiger charge is -2.38. The smallest absolute Gasteiger partial charge is 0.317 e. The maximum Gasteiger partial charge on any atom is 0.317 e. The Morgan fingerprint density at radius 3 is 2.50 bits per heavy atom. The first-order valence-electron chi connectivity index (χ1n) is 7.97. The summed E-state index contributed by atoms with van der Waals surface area (Å²) in [5.41, 5.74) is 1.03. The second-order valence-electron chi connectivity index (χ2n) is 6.12. The fourth-order valence-corrected chi connectivity index (χ4v) is 3.14. The Balaban J connectivity index is 2.02. The van der Waals surface area contributed by atoms with Crippen LogP contribution in [-0.4, -0.2) is 55.4 Å². The molecular weight excluding hydrogens is 376 g/mol. The number of halogens is 1. The van der Waals surface area contributed by atoms with Crippen molar-refractivity contribution in [3.63, 3.8) is 0 Å². The van der Waals surface area contributed by atoms with Crippen molar-refractivity contribution < 1.29 is 19.4 Å². The molecule has 0 aliphatic carbocycles. The van der Waals surface area contributed by atoms with E-state index in [1.54, 1.807) is 7.05 Å². The summed E-state index contributed by atoms with van der Waals surface area (Å²) in [6.45, 7) is 2.03. The van der Waals surface area contributed by atoms with Crippen molar-refractivity contribution in [1.29, 1.82) is 0 Å². The number of nitrogens with zero attached hydrogens (tertiary/aromatic N) is 1. The summed E-state index contributed by atoms with van der Waals surface area (Å²) in [4.78, 5) is 24.2. The number of ether oxygens (including phenoxy) is 1. The van der Waals surface area contributed by atoms with Gasteiger partial charge >= 0.3 is 12.0 Å². The van der Waals surface area contributed by atoms with Gasteiger partial charge in [0, 0.05) is 43.2 Å². The first kappa shape index (κ1) is 18.7. The van der Waals surface area contributed by atoms with Crippen LogP contribution in [0.1, 0.15) is 24.8 Å². The fraction of sp³-hybridized carbons (Fsp3) is 0.529. The lowest BCUT2D eigenvalue weighted by molar-refractivity contribution is -0.137. The Morgan fingerprint density at radius 2 is 1.92 bits per heavy atom. The van der Waals surface area contributed by atoms with E-state index in [0.29, 0.717) is 19.8 Å². The number of hydrogen-bond acceptors (Lipinski definition) is 3. The van der Waals surface area contributed by atoms with Gasteiger partial charge in [-0.2, -0.15) is 0 Å². The van der Waals surface area contributed by atoms with E-state index in [1.807, 2.05) is 12.1 Å². The SMILES string of the molecule is CN(CCC(=O)O)C(=O)NCC1(c2ccc(Br)cc2)CCOCC1. The van der Waals surface area contributed by atoms with Crippen LogP contribution in [-0.2, 0) is 14.9 Å². The van der Waals surface area contributed by atoms with E-state index in [2.05, 4.69) is 33.4 Å². The Labute approximate surface area is 150 Å². The lowest BCUT2D eigenvalue weighted by Crippen LogP contribution is -2.48. The summed E-state index contributed by atoms with van der Waals surface area (Å²) in [5, 5.41) is 11.7. The van der Waals surface area contributed by atoms with Crippen molar-refractivity contribution in [2.45, 2.75) is 24.7 Å². The van der Waals surface area contributed by atoms with Crippen LogP contribution < -0.4 is 5.32 Å². The molecule has 2 rings (SSSR count). The van der Waals surface area contributed by atoms with Crippen molar-refractivity contribution >= 4 is 27.9 Å². The normalized spacial score (nSPS) is 16.4. The molecule has 1 heterocycles. The highest BCUT2D eigenvalue weighted by Crippen LogP contribution is 2.35. The number of amides is 2. The quantitative estimate of drug-likeness (QED) is 0.771. The Morgan fingerprint density at radius 1 is 1.29 bits per heavy atom. The van der Waals surface area contributed by atoms with E-state index >= 15 is 0 Å². The van der Waals surface area contributed by atoms with E-state index < -0.39 is 5.97 Å². The predicted octanol–water partition coefficient (Wildman–Crippen LogP) is 2.61. The zero-order valence-electron chi connectivity index (χ0n) is 13.8. The van der Waals surface area contributed by atoms with Gasteiger partial charge in [-0.1, -0.05) is 28.1 Å². The van der Waals surface area contributed by atoms with Gasteiger partial charge in [0.25, 0.3) is 0 Å². The number of nitrogens with one attached hydrogen (secondary N) is 1. The molecule has 0 aromatic heterocycles. The monoisotopic (exact) mass is 398 g/mol. The highest BCUT2D eigenvalue weighted by molar-refractivity contribution is 9.10. The molecule has 24 heavy (non-hydrogen) atoms. The number of carbonyl (C=O) groups is 2. The van der Waals surface area contributed by atoms with Gasteiger partial charge in [0.2, 0.25) is 0 Å². The molecule has 1 fully saturated rings. The van der Waals surface area contributed by atoms with Crippen LogP contribution in [0.2, 0.25) is 0 Å². The van der Waals surface area contributed by atoms with Crippen LogP contribution >= 0.6 is 15.9 Å². The summed E-state index contributed by atoms with van der Waals surface area (Å²) in [6.07, 6.45) is 1.62. The minimum absolute atomic E-state index is 0.0599. The second kappa shape index (κ2) is 8.48. The van der Waals surface area contributed by atoms with E-state index in [4.69, 9.17) is 9.84 Å². The molecule has 0 atom stereocenters. The minimum atomic E-state index is -0.912. The number of benzene rings is 1. The molecule has 132 valence electrons. The van der Waals surface area contributed by atoms with Gasteiger partial charge in [0.05, 0.1) is 6.42 Å². The first-order chi connectivity index (χ1) is 11.4. The standard InChI is InChI=1S/C17H23BrN2O4/c1-20(9-6-15(21)22)16(23)19-12-17(7-10-24-11-8-17)13-2-4-14(18)5-3-13/h2-5H,6-12H2,1H3,(H,19,23)(H,21,22). The molecule has 1 aromatic carbocycles. The third kappa shape index (κ3) is 4.95. The molecule has 1 saturated heterocycles. The number of carbonyl (C=O) groups excluding carboxylic acids is 1. The summed E-state index contributed by atoms with van der Waals surface area (Å²) < 4.78 is 6.51. The zero-order valence-corrected chi connectivity index (χ0v) is 15.3. The van der Waals surface area contributed by atoms with Crippen molar-refractivity contribution in [2.75, 3.05) is 33.4 Å². The first-order valence-corrected chi connectivity index (χ1v) is 8.77. The van der Waals surface area contributed by atoms with E-state index in [-0.39, 0.29) is 24.4 Å². The number of urea groups is 1. The molecule has 2 amide bonds. The topological polar surface area (TPSA) is 78.9 Å². The lowest BCUT2D eigenvalue weighted by atomic mass is 9.74. The molecule has 2 N–H and O–H groups in total. The average Bonchev–Trinajstić information content (AvgIpc) is 2.59. The Bertz CT molecular complexity index is 570. The molecule has 0 unspecified atom stereocenters. The summed E-state index contributed by atoms with van der Waals surface area (Å²) in [7, 11) is 1.61. The molecule has 0 radical (unpaired) electrons. The van der Waals surface area contributed by atoms with E-state index in [9.17, 15) is 9.59 Å². The molecule has 1 aromatic rings. The van der Waals surface area contributed by atoms with Crippen LogP contribution in [0.25, 0.3) is 0 Å². The molecule has 0 saturated carbocycles. The number of carboxylic acid groups (broad SMARTS) is 1. The van der Waals surface area contributed by atoms with Crippen LogP contribution in [0.4, 0.5) is 4.79 Å². The summed E-state index contributed by atoms with van der Waals surface area (Å²) in [6, 6.07) is 7.92. The molecule has 6 nitrogen and oxygen atoms in total. The number of aliphatic carboxylic acids is 1. The fourth-order valence-electron chi connectivity index (χ4n) is 2.88. The van der Waals surface area contributed by atoms with Crippen molar-refractivity contribution in [1.82, 2.24) is 10.2 Å². The predicted molar refractivity (Wildman–Crippen MR) is 94.2 cm³/mol. The van der Waals surface area contributed by atoms with Crippen LogP contribution in [0.3, 0.4) is 0 Å². The van der Waals surface area contributed by atoms with Gasteiger partial charge in [-0.05, 0) is 30.5 Å². The maximum absolute atomic E-state index is 12.2. The van der Waals surface area contributed by atoms with Crippen LogP contribution in [0.5, 0.6) is 0 Å². The van der Waals surface area contributed by atoms with Gasteiger partial charge < -0.3 is 20.1 Å². The van der Waals surface area contributed by atoms with Gasteiger partial charge in [0.1, 0.15) is 0 Å². The molecule has 0 spiro atoms. The van der Waals surface area contributed by atoms with Crippen molar-refractivity contribution in [2.24, 2.45) is 0 Å². The number of carboxylic acids is 1.